The summed E-state index contributed by atoms with van der Waals surface area (Å²) in [5.74, 6) is 4.61. The fraction of sp³-hybridized carbons (Fsp3) is 0.455. The van der Waals surface area contributed by atoms with Gasteiger partial charge < -0.3 is 56.8 Å². The number of ether oxygens (including phenoxy) is 12. The van der Waals surface area contributed by atoms with E-state index < -0.39 is 0 Å². The van der Waals surface area contributed by atoms with Crippen LogP contribution in [0.3, 0.4) is 0 Å². The van der Waals surface area contributed by atoms with Crippen molar-refractivity contribution in [3.8, 4) is 46.0 Å². The lowest BCUT2D eigenvalue weighted by atomic mass is 9.76. The average Bonchev–Trinajstić information content (AvgIpc) is 0.749. The van der Waals surface area contributed by atoms with Crippen molar-refractivity contribution in [1.82, 2.24) is 0 Å². The van der Waals surface area contributed by atoms with E-state index in [9.17, 15) is 0 Å². The Morgan fingerprint density at radius 2 is 0.430 bits per heavy atom. The molecule has 0 heterocycles. The molecule has 0 aliphatic heterocycles. The Morgan fingerprint density at radius 3 is 0.600 bits per heavy atom. The van der Waals surface area contributed by atoms with E-state index in [0.717, 1.165) is 169 Å². The molecule has 9 rings (SSSR count). The van der Waals surface area contributed by atoms with Gasteiger partial charge in [0.25, 0.3) is 0 Å². The first-order valence-electron chi connectivity index (χ1n) is 36.8. The number of hydrogen-bond donors (Lipinski definition) is 0. The zero-order valence-electron chi connectivity index (χ0n) is 61.8. The van der Waals surface area contributed by atoms with Crippen LogP contribution in [0.2, 0.25) is 0 Å². The van der Waals surface area contributed by atoms with E-state index in [1.807, 2.05) is 72.8 Å². The molecule has 0 fully saturated rings. The molecule has 8 aromatic carbocycles. The minimum absolute atomic E-state index is 0.246. The third-order valence-corrected chi connectivity index (χ3v) is 20.2. The lowest BCUT2D eigenvalue weighted by Gasteiger charge is -2.32. The molecule has 12 heteroatoms. The molecule has 0 saturated heterocycles. The van der Waals surface area contributed by atoms with E-state index >= 15 is 0 Å². The number of hydrogen-bond acceptors (Lipinski definition) is 12. The van der Waals surface area contributed by atoms with E-state index in [0.29, 0.717) is 46.0 Å². The Balaban J connectivity index is 1.44. The van der Waals surface area contributed by atoms with Gasteiger partial charge in [0.1, 0.15) is 96.8 Å². The first kappa shape index (κ1) is 76.2. The number of methoxy groups -OCH3 is 8. The van der Waals surface area contributed by atoms with Crippen molar-refractivity contribution in [2.75, 3.05) is 83.3 Å². The van der Waals surface area contributed by atoms with Gasteiger partial charge in [0.15, 0.2) is 0 Å². The van der Waals surface area contributed by atoms with Crippen molar-refractivity contribution in [3.63, 3.8) is 0 Å². The molecule has 0 saturated carbocycles. The molecule has 1 aliphatic carbocycles. The number of unbranched alkanes of at least 4 members (excludes halogenated alkanes) is 8. The van der Waals surface area contributed by atoms with Crippen molar-refractivity contribution < 1.29 is 56.8 Å². The van der Waals surface area contributed by atoms with Gasteiger partial charge in [0, 0.05) is 121 Å². The van der Waals surface area contributed by atoms with Gasteiger partial charge >= 0.3 is 0 Å². The summed E-state index contributed by atoms with van der Waals surface area (Å²) >= 11 is 0. The average molecular weight is 1360 g/mol. The number of rotatable bonds is 40. The van der Waals surface area contributed by atoms with Crippen LogP contribution < -0.4 is 37.9 Å². The Labute approximate surface area is 598 Å². The smallest absolute Gasteiger partial charge is 0.126 e. The highest BCUT2D eigenvalue weighted by molar-refractivity contribution is 5.63. The molecule has 100 heavy (non-hydrogen) atoms. The van der Waals surface area contributed by atoms with Gasteiger partial charge in [-0.1, -0.05) is 226 Å². The summed E-state index contributed by atoms with van der Waals surface area (Å²) in [5, 5.41) is 0. The highest BCUT2D eigenvalue weighted by Crippen LogP contribution is 2.54. The minimum Gasteiger partial charge on any atom is -0.496 e. The highest BCUT2D eigenvalue weighted by Gasteiger charge is 2.36. The van der Waals surface area contributed by atoms with Crippen molar-refractivity contribution in [2.24, 2.45) is 0 Å². The van der Waals surface area contributed by atoms with E-state index in [2.05, 4.69) is 125 Å². The molecule has 12 nitrogen and oxygen atoms in total. The maximum Gasteiger partial charge on any atom is 0.126 e. The second-order valence-electron chi connectivity index (χ2n) is 26.5. The quantitative estimate of drug-likeness (QED) is 0.0341. The SMILES string of the molecule is CCCCCC1c2cc(c(OC[C@H](OC)c3ccccc3)cc2OC)C(CCCCC)c2cc(c(OC[C@H](OC)c3ccccc3)cc2OC)C(CCCCC)c2cc(c(OC[C@H](OC)c3ccccc3)cc2OC)C(CCCCC)c2cc1c(OC[C@H](OC)c1ccccc1)cc2OC. The summed E-state index contributed by atoms with van der Waals surface area (Å²) in [6.45, 7) is 10.1. The number of fused-ring (bicyclic) bond motifs is 8. The molecular formula is C88H112O12. The second-order valence-corrected chi connectivity index (χ2v) is 26.5. The molecule has 1 aliphatic rings. The van der Waals surface area contributed by atoms with Crippen LogP contribution in [0.4, 0.5) is 0 Å². The molecule has 536 valence electrons. The predicted octanol–water partition coefficient (Wildman–Crippen LogP) is 21.9. The van der Waals surface area contributed by atoms with Gasteiger partial charge in [0.2, 0.25) is 0 Å². The van der Waals surface area contributed by atoms with Crippen LogP contribution in [0, 0.1) is 0 Å². The van der Waals surface area contributed by atoms with Crippen molar-refractivity contribution >= 4 is 0 Å². The molecule has 0 radical (unpaired) electrons. The Hall–Kier alpha value is -8.00. The summed E-state index contributed by atoms with van der Waals surface area (Å²) in [6.07, 6.45) is 13.6. The fourth-order valence-corrected chi connectivity index (χ4v) is 14.6. The topological polar surface area (TPSA) is 111 Å². The summed E-state index contributed by atoms with van der Waals surface area (Å²) in [7, 11) is 14.2. The third-order valence-electron chi connectivity index (χ3n) is 20.2. The normalized spacial score (nSPS) is 16.2. The molecule has 8 bridgehead atoms. The van der Waals surface area contributed by atoms with Gasteiger partial charge in [-0.3, -0.25) is 0 Å². The molecule has 0 spiro atoms. The van der Waals surface area contributed by atoms with Gasteiger partial charge in [-0.25, -0.2) is 0 Å². The molecule has 8 aromatic rings. The predicted molar refractivity (Wildman–Crippen MR) is 403 cm³/mol. The molecular weight excluding hydrogens is 1250 g/mol. The zero-order chi connectivity index (χ0) is 70.6. The maximum atomic E-state index is 7.36. The highest BCUT2D eigenvalue weighted by atomic mass is 16.5. The maximum absolute atomic E-state index is 7.36. The Bertz CT molecular complexity index is 3210. The van der Waals surface area contributed by atoms with Crippen molar-refractivity contribution in [3.05, 3.63) is 237 Å². The third kappa shape index (κ3) is 19.3. The molecule has 0 amide bonds. The molecule has 4 unspecified atom stereocenters. The van der Waals surface area contributed by atoms with Gasteiger partial charge in [-0.15, -0.1) is 0 Å². The van der Waals surface area contributed by atoms with Gasteiger partial charge in [-0.2, -0.15) is 0 Å². The lowest BCUT2D eigenvalue weighted by molar-refractivity contribution is 0.0568. The lowest BCUT2D eigenvalue weighted by Crippen LogP contribution is -2.18. The van der Waals surface area contributed by atoms with Crippen LogP contribution in [-0.4, -0.2) is 83.3 Å². The fourth-order valence-electron chi connectivity index (χ4n) is 14.6. The molecule has 0 N–H and O–H groups in total. The van der Waals surface area contributed by atoms with Gasteiger partial charge in [0.05, 0.1) is 28.4 Å². The Kier molecular flexibility index (Phi) is 30.4. The van der Waals surface area contributed by atoms with Crippen molar-refractivity contribution in [2.45, 2.75) is 179 Å². The largest absolute Gasteiger partial charge is 0.496 e. The van der Waals surface area contributed by atoms with Crippen LogP contribution in [-0.2, 0) is 18.9 Å². The van der Waals surface area contributed by atoms with Crippen molar-refractivity contribution in [1.29, 1.82) is 0 Å². The van der Waals surface area contributed by atoms with Crippen LogP contribution in [0.15, 0.2) is 170 Å². The minimum atomic E-state index is -0.365. The van der Waals surface area contributed by atoms with E-state index in [4.69, 9.17) is 56.8 Å². The van der Waals surface area contributed by atoms with Gasteiger partial charge in [-0.05, 0) is 72.2 Å². The Morgan fingerprint density at radius 1 is 0.240 bits per heavy atom. The van der Waals surface area contributed by atoms with E-state index in [-0.39, 0.29) is 74.5 Å². The summed E-state index contributed by atoms with van der Waals surface area (Å²) in [6, 6.07) is 59.5. The first-order chi connectivity index (χ1) is 49.1. The standard InChI is InChI=1S/C88H112O12/c1-13-17-25-45-65-69-49-74(82(53-77(69)89-5)98-58-86(94-10)62-39-31-22-32-40-62)67(47-27-19-15-3)71-51-76(84(55-79(71)91-7)100-60-88(96-12)64-43-35-24-36-44-64)68(48-28-20-16-4)72-52-75(83(56-80(72)92-8)99-59-87(95-11)63-41-33-23-34-42-63)66(46-26-18-14-2)70-50-73(65)81(54-78(70)90-6)97-57-85(93-9)61-37-29-21-30-38-61/h21-24,29-44,49-56,65-68,85-88H,13-20,25-28,45-48,57-60H2,1-12H3/t65?,66?,67?,68?,85-,86-,87-,88-/m0/s1. The van der Waals surface area contributed by atoms with Crippen LogP contribution in [0.25, 0.3) is 0 Å². The summed E-state index contributed by atoms with van der Waals surface area (Å²) in [5.41, 5.74) is 12.3. The van der Waals surface area contributed by atoms with E-state index in [1.165, 1.54) is 0 Å². The summed E-state index contributed by atoms with van der Waals surface area (Å²) < 4.78 is 81.8. The van der Waals surface area contributed by atoms with Crippen LogP contribution in [0.1, 0.15) is 245 Å². The molecule has 8 atom stereocenters. The van der Waals surface area contributed by atoms with Crippen LogP contribution in [0.5, 0.6) is 46.0 Å². The number of benzene rings is 8. The molecule has 0 aromatic heterocycles. The summed E-state index contributed by atoms with van der Waals surface area (Å²) in [4.78, 5) is 0. The van der Waals surface area contributed by atoms with Crippen LogP contribution >= 0.6 is 0 Å². The first-order valence-corrected chi connectivity index (χ1v) is 36.8. The second kappa shape index (κ2) is 39.9. The zero-order valence-corrected chi connectivity index (χ0v) is 61.8. The monoisotopic (exact) mass is 1360 g/mol. The van der Waals surface area contributed by atoms with E-state index in [1.54, 1.807) is 56.9 Å².